The molecule has 6 heteroatoms. The lowest BCUT2D eigenvalue weighted by molar-refractivity contribution is -0.126. The van der Waals surface area contributed by atoms with Crippen LogP contribution in [0.5, 0.6) is 11.5 Å². The second-order valence-corrected chi connectivity index (χ2v) is 5.37. The van der Waals surface area contributed by atoms with Crippen molar-refractivity contribution in [2.24, 2.45) is 0 Å². The molecule has 0 aliphatic heterocycles. The Kier molecular flexibility index (Phi) is 6.83. The van der Waals surface area contributed by atoms with Crippen molar-refractivity contribution in [1.29, 1.82) is 0 Å². The summed E-state index contributed by atoms with van der Waals surface area (Å²) in [6.07, 6.45) is 0.399. The fourth-order valence-corrected chi connectivity index (χ4v) is 2.36. The quantitative estimate of drug-likeness (QED) is 0.722. The molecular formula is C19H22N2O4. The number of rotatable bonds is 8. The Hall–Kier alpha value is -3.02. The molecule has 2 N–H and O–H groups in total. The molecule has 0 aliphatic carbocycles. The maximum absolute atomic E-state index is 11.9. The number of para-hydroxylation sites is 1. The van der Waals surface area contributed by atoms with Crippen molar-refractivity contribution < 1.29 is 19.1 Å². The lowest BCUT2D eigenvalue weighted by Gasteiger charge is -2.09. The highest BCUT2D eigenvalue weighted by Crippen LogP contribution is 2.18. The molecule has 2 amide bonds. The number of anilines is 1. The molecule has 6 nitrogen and oxygen atoms in total. The van der Waals surface area contributed by atoms with Crippen molar-refractivity contribution in [3.63, 3.8) is 0 Å². The summed E-state index contributed by atoms with van der Waals surface area (Å²) in [4.78, 5) is 23.8. The lowest BCUT2D eigenvalue weighted by atomic mass is 10.1. The Morgan fingerprint density at radius 2 is 1.76 bits per heavy atom. The van der Waals surface area contributed by atoms with E-state index in [0.29, 0.717) is 24.4 Å². The van der Waals surface area contributed by atoms with Crippen LogP contribution in [-0.4, -0.2) is 32.6 Å². The molecule has 2 aromatic rings. The van der Waals surface area contributed by atoms with Crippen molar-refractivity contribution in [2.75, 3.05) is 26.1 Å². The molecule has 25 heavy (non-hydrogen) atoms. The maximum atomic E-state index is 11.9. The summed E-state index contributed by atoms with van der Waals surface area (Å²) >= 11 is 0. The molecule has 0 fully saturated rings. The van der Waals surface area contributed by atoms with E-state index in [0.717, 1.165) is 11.3 Å². The van der Waals surface area contributed by atoms with Crippen LogP contribution < -0.4 is 20.1 Å². The van der Waals surface area contributed by atoms with Gasteiger partial charge in [0.1, 0.15) is 17.9 Å². The third-order valence-electron chi connectivity index (χ3n) is 3.58. The molecule has 0 heterocycles. The summed E-state index contributed by atoms with van der Waals surface area (Å²) in [6, 6.07) is 14.6. The molecule has 0 aliphatic rings. The zero-order chi connectivity index (χ0) is 18.1. The van der Waals surface area contributed by atoms with Crippen LogP contribution in [-0.2, 0) is 16.0 Å². The number of carbonyl (C=O) groups is 2. The van der Waals surface area contributed by atoms with Crippen LogP contribution in [0.1, 0.15) is 12.0 Å². The largest absolute Gasteiger partial charge is 0.497 e. The van der Waals surface area contributed by atoms with Gasteiger partial charge in [-0.05, 0) is 30.2 Å². The summed E-state index contributed by atoms with van der Waals surface area (Å²) in [7, 11) is 3.16. The molecule has 2 aromatic carbocycles. The lowest BCUT2D eigenvalue weighted by Crippen LogP contribution is -2.29. The molecule has 0 saturated carbocycles. The maximum Gasteiger partial charge on any atom is 0.233 e. The van der Waals surface area contributed by atoms with Crippen molar-refractivity contribution >= 4 is 17.5 Å². The molecule has 0 saturated heterocycles. The van der Waals surface area contributed by atoms with Crippen LogP contribution in [0.3, 0.4) is 0 Å². The summed E-state index contributed by atoms with van der Waals surface area (Å²) in [5, 5.41) is 5.42. The van der Waals surface area contributed by atoms with Gasteiger partial charge in [0, 0.05) is 18.3 Å². The monoisotopic (exact) mass is 342 g/mol. The van der Waals surface area contributed by atoms with Gasteiger partial charge in [-0.15, -0.1) is 0 Å². The molecule has 0 aromatic heterocycles. The van der Waals surface area contributed by atoms with E-state index in [2.05, 4.69) is 10.6 Å². The predicted molar refractivity (Wildman–Crippen MR) is 95.9 cm³/mol. The van der Waals surface area contributed by atoms with E-state index in [1.807, 2.05) is 24.3 Å². The Morgan fingerprint density at radius 1 is 0.960 bits per heavy atom. The second kappa shape index (κ2) is 9.32. The first-order chi connectivity index (χ1) is 12.1. The first kappa shape index (κ1) is 18.3. The molecule has 0 bridgehead atoms. The fraction of sp³-hybridized carbons (Fsp3) is 0.263. The van der Waals surface area contributed by atoms with E-state index in [4.69, 9.17) is 9.47 Å². The summed E-state index contributed by atoms with van der Waals surface area (Å²) < 4.78 is 10.4. The number of ether oxygens (including phenoxy) is 2. The van der Waals surface area contributed by atoms with Crippen LogP contribution in [0.25, 0.3) is 0 Å². The number of hydrogen-bond donors (Lipinski definition) is 2. The standard InChI is InChI=1S/C19H22N2O4/c1-24-16-8-5-7-15(12-16)21-19(23)13-18(22)20-11-10-14-6-3-4-9-17(14)25-2/h3-9,12H,10-11,13H2,1-2H3,(H,20,22)(H,21,23). The molecule has 0 atom stereocenters. The fourth-order valence-electron chi connectivity index (χ4n) is 2.36. The molecular weight excluding hydrogens is 320 g/mol. The zero-order valence-electron chi connectivity index (χ0n) is 14.4. The first-order valence-corrected chi connectivity index (χ1v) is 7.95. The molecule has 0 unspecified atom stereocenters. The van der Waals surface area contributed by atoms with Gasteiger partial charge in [-0.25, -0.2) is 0 Å². The van der Waals surface area contributed by atoms with Crippen molar-refractivity contribution in [3.8, 4) is 11.5 Å². The van der Waals surface area contributed by atoms with Crippen LogP contribution in [0.2, 0.25) is 0 Å². The van der Waals surface area contributed by atoms with Crippen molar-refractivity contribution in [3.05, 3.63) is 54.1 Å². The van der Waals surface area contributed by atoms with Crippen LogP contribution in [0.4, 0.5) is 5.69 Å². The van der Waals surface area contributed by atoms with Gasteiger partial charge in [-0.1, -0.05) is 24.3 Å². The predicted octanol–water partition coefficient (Wildman–Crippen LogP) is 2.39. The van der Waals surface area contributed by atoms with Gasteiger partial charge >= 0.3 is 0 Å². The Balaban J connectivity index is 1.76. The van der Waals surface area contributed by atoms with Crippen molar-refractivity contribution in [1.82, 2.24) is 5.32 Å². The van der Waals surface area contributed by atoms with Crippen LogP contribution in [0, 0.1) is 0 Å². The average Bonchev–Trinajstić information content (AvgIpc) is 2.62. The highest BCUT2D eigenvalue weighted by atomic mass is 16.5. The summed E-state index contributed by atoms with van der Waals surface area (Å²) in [5.74, 6) is 0.727. The third kappa shape index (κ3) is 5.84. The first-order valence-electron chi connectivity index (χ1n) is 7.95. The van der Waals surface area contributed by atoms with E-state index in [1.165, 1.54) is 0 Å². The minimum Gasteiger partial charge on any atom is -0.497 e. The van der Waals surface area contributed by atoms with E-state index < -0.39 is 0 Å². The molecule has 0 spiro atoms. The van der Waals surface area contributed by atoms with E-state index >= 15 is 0 Å². The summed E-state index contributed by atoms with van der Waals surface area (Å²) in [6.45, 7) is 0.436. The normalized spacial score (nSPS) is 10.0. The SMILES string of the molecule is COc1cccc(NC(=O)CC(=O)NCCc2ccccc2OC)c1. The third-order valence-corrected chi connectivity index (χ3v) is 3.58. The van der Waals surface area contributed by atoms with Gasteiger partial charge in [0.2, 0.25) is 11.8 Å². The van der Waals surface area contributed by atoms with E-state index in [9.17, 15) is 9.59 Å². The Labute approximate surface area is 147 Å². The van der Waals surface area contributed by atoms with Gasteiger partial charge in [-0.2, -0.15) is 0 Å². The Bertz CT molecular complexity index is 731. The van der Waals surface area contributed by atoms with Gasteiger partial charge < -0.3 is 20.1 Å². The van der Waals surface area contributed by atoms with E-state index in [1.54, 1.807) is 38.5 Å². The number of carbonyl (C=O) groups excluding carboxylic acids is 2. The van der Waals surface area contributed by atoms with Gasteiger partial charge in [0.05, 0.1) is 14.2 Å². The number of benzene rings is 2. The summed E-state index contributed by atoms with van der Waals surface area (Å²) in [5.41, 5.74) is 1.59. The van der Waals surface area contributed by atoms with Crippen LogP contribution >= 0.6 is 0 Å². The molecule has 2 rings (SSSR count). The number of methoxy groups -OCH3 is 2. The van der Waals surface area contributed by atoms with Gasteiger partial charge in [0.15, 0.2) is 0 Å². The zero-order valence-corrected chi connectivity index (χ0v) is 14.4. The number of hydrogen-bond acceptors (Lipinski definition) is 4. The van der Waals surface area contributed by atoms with Crippen LogP contribution in [0.15, 0.2) is 48.5 Å². The highest BCUT2D eigenvalue weighted by Gasteiger charge is 2.10. The minimum absolute atomic E-state index is 0.233. The van der Waals surface area contributed by atoms with Gasteiger partial charge in [-0.3, -0.25) is 9.59 Å². The van der Waals surface area contributed by atoms with E-state index in [-0.39, 0.29) is 18.2 Å². The molecule has 132 valence electrons. The Morgan fingerprint density at radius 3 is 2.52 bits per heavy atom. The highest BCUT2D eigenvalue weighted by molar-refractivity contribution is 6.03. The average molecular weight is 342 g/mol. The molecule has 0 radical (unpaired) electrons. The number of amides is 2. The number of nitrogens with one attached hydrogen (secondary N) is 2. The second-order valence-electron chi connectivity index (χ2n) is 5.37. The van der Waals surface area contributed by atoms with Crippen molar-refractivity contribution in [2.45, 2.75) is 12.8 Å². The van der Waals surface area contributed by atoms with Gasteiger partial charge in [0.25, 0.3) is 0 Å². The topological polar surface area (TPSA) is 76.7 Å². The smallest absolute Gasteiger partial charge is 0.233 e. The minimum atomic E-state index is -0.372.